The standard InChI is InChI=1S/C16H21FN4O2/c17-13-5-4-11(21-7-6-19-16(21)23)8-12(13)15(22)20-14-3-1-2-10(14)9-18/h4-5,8,10,14H,1-3,6-7,9,18H2,(H,19,23)(H,20,22)/t10-,14-/m0/s1. The molecular formula is C16H21FN4O2. The maximum Gasteiger partial charge on any atom is 0.321 e. The molecule has 0 unspecified atom stereocenters. The van der Waals surface area contributed by atoms with E-state index in [9.17, 15) is 14.0 Å². The Morgan fingerprint density at radius 2 is 2.26 bits per heavy atom. The van der Waals surface area contributed by atoms with Crippen LogP contribution in [0.15, 0.2) is 18.2 Å². The first kappa shape index (κ1) is 15.7. The molecule has 7 heteroatoms. The van der Waals surface area contributed by atoms with E-state index in [0.717, 1.165) is 19.3 Å². The van der Waals surface area contributed by atoms with Gasteiger partial charge in [-0.05, 0) is 43.5 Å². The van der Waals surface area contributed by atoms with Crippen molar-refractivity contribution < 1.29 is 14.0 Å². The number of carbonyl (C=O) groups is 2. The smallest absolute Gasteiger partial charge is 0.321 e. The third-order valence-electron chi connectivity index (χ3n) is 4.64. The van der Waals surface area contributed by atoms with Crippen molar-refractivity contribution in [1.82, 2.24) is 10.6 Å². The van der Waals surface area contributed by atoms with Crippen molar-refractivity contribution in [1.29, 1.82) is 0 Å². The van der Waals surface area contributed by atoms with Crippen molar-refractivity contribution >= 4 is 17.6 Å². The zero-order chi connectivity index (χ0) is 16.4. The number of hydrogen-bond acceptors (Lipinski definition) is 3. The average Bonchev–Trinajstić information content (AvgIpc) is 3.16. The fourth-order valence-electron chi connectivity index (χ4n) is 3.33. The highest BCUT2D eigenvalue weighted by molar-refractivity contribution is 5.98. The van der Waals surface area contributed by atoms with Crippen molar-refractivity contribution in [2.45, 2.75) is 25.3 Å². The fourth-order valence-corrected chi connectivity index (χ4v) is 3.33. The van der Waals surface area contributed by atoms with Crippen molar-refractivity contribution in [3.8, 4) is 0 Å². The van der Waals surface area contributed by atoms with Gasteiger partial charge in [0.2, 0.25) is 0 Å². The molecule has 0 radical (unpaired) electrons. The summed E-state index contributed by atoms with van der Waals surface area (Å²) in [6, 6.07) is 3.93. The number of rotatable bonds is 4. The van der Waals surface area contributed by atoms with Crippen molar-refractivity contribution in [2.24, 2.45) is 11.7 Å². The summed E-state index contributed by atoms with van der Waals surface area (Å²) in [6.07, 6.45) is 2.87. The molecule has 1 heterocycles. The number of amides is 3. The van der Waals surface area contributed by atoms with Crippen molar-refractivity contribution in [3.63, 3.8) is 0 Å². The summed E-state index contributed by atoms with van der Waals surface area (Å²) in [5.74, 6) is -0.794. The Hall–Kier alpha value is -2.15. The summed E-state index contributed by atoms with van der Waals surface area (Å²) >= 11 is 0. The number of nitrogens with two attached hydrogens (primary N) is 1. The molecule has 3 amide bonds. The molecular weight excluding hydrogens is 299 g/mol. The van der Waals surface area contributed by atoms with Crippen LogP contribution in [0.5, 0.6) is 0 Å². The van der Waals surface area contributed by atoms with Gasteiger partial charge in [-0.1, -0.05) is 6.42 Å². The Morgan fingerprint density at radius 1 is 1.43 bits per heavy atom. The highest BCUT2D eigenvalue weighted by Gasteiger charge is 2.29. The van der Waals surface area contributed by atoms with Crippen LogP contribution in [-0.2, 0) is 0 Å². The SMILES string of the molecule is NC[C@@H]1CCC[C@@H]1NC(=O)c1cc(N2CCNC2=O)ccc1F. The van der Waals surface area contributed by atoms with Crippen LogP contribution in [0.25, 0.3) is 0 Å². The lowest BCUT2D eigenvalue weighted by Gasteiger charge is -2.20. The highest BCUT2D eigenvalue weighted by Crippen LogP contribution is 2.26. The summed E-state index contributed by atoms with van der Waals surface area (Å²) in [4.78, 5) is 25.6. The van der Waals surface area contributed by atoms with Gasteiger partial charge in [0.05, 0.1) is 5.56 Å². The predicted octanol–water partition coefficient (Wildman–Crippen LogP) is 1.21. The van der Waals surface area contributed by atoms with E-state index in [1.165, 1.54) is 23.1 Å². The molecule has 2 atom stereocenters. The fraction of sp³-hybridized carbons (Fsp3) is 0.500. The second-order valence-corrected chi connectivity index (χ2v) is 6.05. The molecule has 4 N–H and O–H groups in total. The molecule has 0 aromatic heterocycles. The molecule has 2 fully saturated rings. The summed E-state index contributed by atoms with van der Waals surface area (Å²) in [5.41, 5.74) is 6.20. The number of benzene rings is 1. The van der Waals surface area contributed by atoms with Crippen LogP contribution < -0.4 is 21.3 Å². The molecule has 23 heavy (non-hydrogen) atoms. The average molecular weight is 320 g/mol. The van der Waals surface area contributed by atoms with E-state index >= 15 is 0 Å². The summed E-state index contributed by atoms with van der Waals surface area (Å²) in [5, 5.41) is 5.57. The van der Waals surface area contributed by atoms with Gasteiger partial charge in [0.1, 0.15) is 5.82 Å². The van der Waals surface area contributed by atoms with Crippen LogP contribution in [0.4, 0.5) is 14.9 Å². The molecule has 3 rings (SSSR count). The maximum atomic E-state index is 14.1. The molecule has 0 spiro atoms. The first-order valence-electron chi connectivity index (χ1n) is 7.96. The Morgan fingerprint density at radius 3 is 2.96 bits per heavy atom. The Kier molecular flexibility index (Phi) is 4.47. The zero-order valence-corrected chi connectivity index (χ0v) is 12.8. The molecule has 1 saturated heterocycles. The van der Waals surface area contributed by atoms with Crippen molar-refractivity contribution in [3.05, 3.63) is 29.6 Å². The molecule has 6 nitrogen and oxygen atoms in total. The van der Waals surface area contributed by atoms with Crippen LogP contribution in [0.1, 0.15) is 29.6 Å². The lowest BCUT2D eigenvalue weighted by molar-refractivity contribution is 0.0924. The summed E-state index contributed by atoms with van der Waals surface area (Å²) in [7, 11) is 0. The first-order chi connectivity index (χ1) is 11.1. The van der Waals surface area contributed by atoms with Crippen LogP contribution >= 0.6 is 0 Å². The first-order valence-corrected chi connectivity index (χ1v) is 7.96. The van der Waals surface area contributed by atoms with Gasteiger partial charge >= 0.3 is 6.03 Å². The lowest BCUT2D eigenvalue weighted by atomic mass is 10.0. The summed E-state index contributed by atoms with van der Waals surface area (Å²) < 4.78 is 14.1. The predicted molar refractivity (Wildman–Crippen MR) is 84.8 cm³/mol. The van der Waals surface area contributed by atoms with Gasteiger partial charge in [-0.15, -0.1) is 0 Å². The van der Waals surface area contributed by atoms with Gasteiger partial charge < -0.3 is 16.4 Å². The minimum Gasteiger partial charge on any atom is -0.349 e. The number of nitrogens with zero attached hydrogens (tertiary/aromatic N) is 1. The second-order valence-electron chi connectivity index (χ2n) is 6.05. The molecule has 124 valence electrons. The van der Waals surface area contributed by atoms with E-state index in [-0.39, 0.29) is 23.6 Å². The molecule has 1 aromatic rings. The number of hydrogen-bond donors (Lipinski definition) is 3. The number of urea groups is 1. The highest BCUT2D eigenvalue weighted by atomic mass is 19.1. The molecule has 0 bridgehead atoms. The van der Waals surface area contributed by atoms with Gasteiger partial charge in [0.25, 0.3) is 5.91 Å². The lowest BCUT2D eigenvalue weighted by Crippen LogP contribution is -2.40. The molecule has 1 aliphatic carbocycles. The summed E-state index contributed by atoms with van der Waals surface area (Å²) in [6.45, 7) is 1.56. The quantitative estimate of drug-likeness (QED) is 0.779. The van der Waals surface area contributed by atoms with Gasteiger partial charge in [-0.3, -0.25) is 9.69 Å². The van der Waals surface area contributed by atoms with Crippen LogP contribution in [0.3, 0.4) is 0 Å². The number of carbonyl (C=O) groups excluding carboxylic acids is 2. The van der Waals surface area contributed by atoms with E-state index in [2.05, 4.69) is 10.6 Å². The zero-order valence-electron chi connectivity index (χ0n) is 12.8. The molecule has 1 aliphatic heterocycles. The Bertz CT molecular complexity index is 622. The Balaban J connectivity index is 1.78. The van der Waals surface area contributed by atoms with Gasteiger partial charge in [0.15, 0.2) is 0 Å². The Labute approximate surface area is 134 Å². The third-order valence-corrected chi connectivity index (χ3v) is 4.64. The normalized spacial score (nSPS) is 23.9. The number of halogens is 1. The van der Waals surface area contributed by atoms with E-state index in [1.807, 2.05) is 0 Å². The minimum absolute atomic E-state index is 0.00867. The van der Waals surface area contributed by atoms with Crippen LogP contribution in [0.2, 0.25) is 0 Å². The third kappa shape index (κ3) is 3.14. The number of anilines is 1. The topological polar surface area (TPSA) is 87.5 Å². The maximum absolute atomic E-state index is 14.1. The molecule has 2 aliphatic rings. The second kappa shape index (κ2) is 6.54. The van der Waals surface area contributed by atoms with Crippen LogP contribution in [-0.4, -0.2) is 37.6 Å². The van der Waals surface area contributed by atoms with Crippen molar-refractivity contribution in [2.75, 3.05) is 24.5 Å². The minimum atomic E-state index is -0.590. The number of nitrogens with one attached hydrogen (secondary N) is 2. The van der Waals surface area contributed by atoms with E-state index in [4.69, 9.17) is 5.73 Å². The van der Waals surface area contributed by atoms with Crippen LogP contribution in [0, 0.1) is 11.7 Å². The van der Waals surface area contributed by atoms with E-state index in [0.29, 0.717) is 25.3 Å². The van der Waals surface area contributed by atoms with Gasteiger partial charge in [-0.2, -0.15) is 0 Å². The molecule has 1 saturated carbocycles. The monoisotopic (exact) mass is 320 g/mol. The van der Waals surface area contributed by atoms with Gasteiger partial charge in [-0.25, -0.2) is 9.18 Å². The van der Waals surface area contributed by atoms with E-state index < -0.39 is 11.7 Å². The van der Waals surface area contributed by atoms with Gasteiger partial charge in [0, 0.05) is 24.8 Å². The largest absolute Gasteiger partial charge is 0.349 e. The molecule has 1 aromatic carbocycles. The van der Waals surface area contributed by atoms with E-state index in [1.54, 1.807) is 0 Å².